The minimum atomic E-state index is -0.371. The first-order valence-electron chi connectivity index (χ1n) is 5.85. The zero-order valence-electron chi connectivity index (χ0n) is 10.2. The van der Waals surface area contributed by atoms with Crippen LogP contribution in [-0.2, 0) is 13.0 Å². The highest BCUT2D eigenvalue weighted by Crippen LogP contribution is 2.18. The Bertz CT molecular complexity index is 523. The zero-order chi connectivity index (χ0) is 13.0. The van der Waals surface area contributed by atoms with E-state index in [9.17, 15) is 4.39 Å². The second kappa shape index (κ2) is 5.98. The van der Waals surface area contributed by atoms with Crippen LogP contribution in [0.1, 0.15) is 16.7 Å². The molecule has 3 heteroatoms. The summed E-state index contributed by atoms with van der Waals surface area (Å²) in [6, 6.07) is 13.2. The van der Waals surface area contributed by atoms with Crippen LogP contribution in [0.15, 0.2) is 42.5 Å². The Morgan fingerprint density at radius 2 is 1.61 bits per heavy atom. The highest BCUT2D eigenvalue weighted by atomic mass is 35.5. The largest absolute Gasteiger partial charge is 0.316 e. The molecule has 0 radical (unpaired) electrons. The van der Waals surface area contributed by atoms with Crippen LogP contribution in [0.4, 0.5) is 4.39 Å². The second-order valence-electron chi connectivity index (χ2n) is 4.27. The molecular weight excluding hydrogens is 249 g/mol. The van der Waals surface area contributed by atoms with Gasteiger partial charge in [0.15, 0.2) is 0 Å². The van der Waals surface area contributed by atoms with Gasteiger partial charge in [-0.3, -0.25) is 0 Å². The van der Waals surface area contributed by atoms with Crippen molar-refractivity contribution in [2.24, 2.45) is 0 Å². The van der Waals surface area contributed by atoms with E-state index in [0.29, 0.717) is 0 Å². The lowest BCUT2D eigenvalue weighted by Crippen LogP contribution is -2.04. The predicted molar refractivity (Wildman–Crippen MR) is 73.4 cm³/mol. The molecular formula is C15H15ClFN. The van der Waals surface area contributed by atoms with Crippen molar-refractivity contribution in [2.75, 3.05) is 7.05 Å². The fourth-order valence-electron chi connectivity index (χ4n) is 1.86. The fourth-order valence-corrected chi connectivity index (χ4v) is 2.07. The van der Waals surface area contributed by atoms with Gasteiger partial charge in [-0.25, -0.2) is 4.39 Å². The van der Waals surface area contributed by atoms with Gasteiger partial charge in [0.2, 0.25) is 0 Å². The van der Waals surface area contributed by atoms with Gasteiger partial charge in [0.25, 0.3) is 0 Å². The lowest BCUT2D eigenvalue weighted by Gasteiger charge is -2.05. The molecule has 0 spiro atoms. The SMILES string of the molecule is CNCc1ccc(Cc2ccc(F)c(Cl)c2)cc1. The summed E-state index contributed by atoms with van der Waals surface area (Å²) in [5.41, 5.74) is 3.46. The highest BCUT2D eigenvalue weighted by Gasteiger charge is 2.02. The number of rotatable bonds is 4. The van der Waals surface area contributed by atoms with Gasteiger partial charge in [-0.15, -0.1) is 0 Å². The van der Waals surface area contributed by atoms with Gasteiger partial charge in [-0.05, 0) is 42.3 Å². The zero-order valence-corrected chi connectivity index (χ0v) is 11.0. The Labute approximate surface area is 112 Å². The summed E-state index contributed by atoms with van der Waals surface area (Å²) in [7, 11) is 1.93. The van der Waals surface area contributed by atoms with E-state index >= 15 is 0 Å². The summed E-state index contributed by atoms with van der Waals surface area (Å²) in [5.74, 6) is -0.371. The molecule has 2 aromatic rings. The standard InChI is InChI=1S/C15H15ClFN/c1-18-10-12-4-2-11(3-5-12)8-13-6-7-15(17)14(16)9-13/h2-7,9,18H,8,10H2,1H3. The average Bonchev–Trinajstić information content (AvgIpc) is 2.37. The van der Waals surface area contributed by atoms with Gasteiger partial charge in [0, 0.05) is 6.54 Å². The molecule has 94 valence electrons. The maximum atomic E-state index is 13.0. The number of nitrogens with one attached hydrogen (secondary N) is 1. The van der Waals surface area contributed by atoms with Crippen molar-refractivity contribution in [3.8, 4) is 0 Å². The molecule has 0 fully saturated rings. The van der Waals surface area contributed by atoms with Gasteiger partial charge in [-0.2, -0.15) is 0 Å². The van der Waals surface area contributed by atoms with E-state index in [2.05, 4.69) is 29.6 Å². The molecule has 0 bridgehead atoms. The fraction of sp³-hybridized carbons (Fsp3) is 0.200. The Balaban J connectivity index is 2.10. The van der Waals surface area contributed by atoms with Gasteiger partial charge in [0.1, 0.15) is 5.82 Å². The molecule has 1 nitrogen and oxygen atoms in total. The van der Waals surface area contributed by atoms with Gasteiger partial charge in [0.05, 0.1) is 5.02 Å². The van der Waals surface area contributed by atoms with Crippen molar-refractivity contribution in [1.29, 1.82) is 0 Å². The first-order chi connectivity index (χ1) is 8.69. The number of hydrogen-bond acceptors (Lipinski definition) is 1. The van der Waals surface area contributed by atoms with Gasteiger partial charge >= 0.3 is 0 Å². The lowest BCUT2D eigenvalue weighted by atomic mass is 10.0. The van der Waals surface area contributed by atoms with Crippen LogP contribution >= 0.6 is 11.6 Å². The smallest absolute Gasteiger partial charge is 0.141 e. The van der Waals surface area contributed by atoms with E-state index in [1.165, 1.54) is 17.2 Å². The molecule has 0 saturated carbocycles. The van der Waals surface area contributed by atoms with Crippen molar-refractivity contribution in [3.05, 3.63) is 70.0 Å². The van der Waals surface area contributed by atoms with E-state index in [0.717, 1.165) is 18.5 Å². The third kappa shape index (κ3) is 3.31. The van der Waals surface area contributed by atoms with Crippen molar-refractivity contribution >= 4 is 11.6 Å². The van der Waals surface area contributed by atoms with Crippen molar-refractivity contribution in [1.82, 2.24) is 5.32 Å². The molecule has 0 amide bonds. The minimum Gasteiger partial charge on any atom is -0.316 e. The topological polar surface area (TPSA) is 12.0 Å². The molecule has 18 heavy (non-hydrogen) atoms. The van der Waals surface area contributed by atoms with Crippen molar-refractivity contribution < 1.29 is 4.39 Å². The maximum absolute atomic E-state index is 13.0. The van der Waals surface area contributed by atoms with Crippen LogP contribution in [0.5, 0.6) is 0 Å². The quantitative estimate of drug-likeness (QED) is 0.885. The molecule has 0 aliphatic carbocycles. The Hall–Kier alpha value is -1.38. The summed E-state index contributed by atoms with van der Waals surface area (Å²) in [5, 5.41) is 3.29. The van der Waals surface area contributed by atoms with Crippen LogP contribution in [0.3, 0.4) is 0 Å². The van der Waals surface area contributed by atoms with Gasteiger partial charge < -0.3 is 5.32 Å². The molecule has 0 saturated heterocycles. The summed E-state index contributed by atoms with van der Waals surface area (Å²) in [6.45, 7) is 0.864. The average molecular weight is 264 g/mol. The van der Waals surface area contributed by atoms with Crippen LogP contribution in [0.25, 0.3) is 0 Å². The van der Waals surface area contributed by atoms with Gasteiger partial charge in [-0.1, -0.05) is 41.9 Å². The van der Waals surface area contributed by atoms with E-state index in [1.807, 2.05) is 7.05 Å². The summed E-state index contributed by atoms with van der Waals surface area (Å²) >= 11 is 5.76. The molecule has 1 N–H and O–H groups in total. The minimum absolute atomic E-state index is 0.180. The number of hydrogen-bond donors (Lipinski definition) is 1. The Kier molecular flexibility index (Phi) is 4.34. The first-order valence-corrected chi connectivity index (χ1v) is 6.23. The maximum Gasteiger partial charge on any atom is 0.141 e. The van der Waals surface area contributed by atoms with E-state index in [-0.39, 0.29) is 10.8 Å². The molecule has 2 aromatic carbocycles. The first kappa shape index (κ1) is 13.1. The molecule has 0 aliphatic heterocycles. The van der Waals surface area contributed by atoms with E-state index < -0.39 is 0 Å². The monoisotopic (exact) mass is 263 g/mol. The second-order valence-corrected chi connectivity index (χ2v) is 4.68. The Morgan fingerprint density at radius 3 is 2.22 bits per heavy atom. The predicted octanol–water partition coefficient (Wildman–Crippen LogP) is 3.79. The molecule has 0 aromatic heterocycles. The van der Waals surface area contributed by atoms with Crippen LogP contribution in [0.2, 0.25) is 5.02 Å². The normalized spacial score (nSPS) is 10.6. The molecule has 0 aliphatic rings. The third-order valence-corrected chi connectivity index (χ3v) is 3.09. The van der Waals surface area contributed by atoms with E-state index in [4.69, 9.17) is 11.6 Å². The van der Waals surface area contributed by atoms with Crippen molar-refractivity contribution in [3.63, 3.8) is 0 Å². The number of halogens is 2. The highest BCUT2D eigenvalue weighted by molar-refractivity contribution is 6.30. The molecule has 0 unspecified atom stereocenters. The van der Waals surface area contributed by atoms with Crippen LogP contribution in [-0.4, -0.2) is 7.05 Å². The van der Waals surface area contributed by atoms with Crippen molar-refractivity contribution in [2.45, 2.75) is 13.0 Å². The Morgan fingerprint density at radius 1 is 1.00 bits per heavy atom. The lowest BCUT2D eigenvalue weighted by molar-refractivity contribution is 0.627. The number of benzene rings is 2. The summed E-state index contributed by atoms with van der Waals surface area (Å²) in [6.07, 6.45) is 0.764. The molecule has 0 atom stereocenters. The summed E-state index contributed by atoms with van der Waals surface area (Å²) in [4.78, 5) is 0. The van der Waals surface area contributed by atoms with Crippen LogP contribution < -0.4 is 5.32 Å². The third-order valence-electron chi connectivity index (χ3n) is 2.80. The molecule has 0 heterocycles. The molecule has 2 rings (SSSR count). The van der Waals surface area contributed by atoms with Crippen LogP contribution in [0, 0.1) is 5.82 Å². The van der Waals surface area contributed by atoms with E-state index in [1.54, 1.807) is 12.1 Å². The summed E-state index contributed by atoms with van der Waals surface area (Å²) < 4.78 is 13.0.